The summed E-state index contributed by atoms with van der Waals surface area (Å²) in [5.74, 6) is 0.170. The van der Waals surface area contributed by atoms with E-state index in [-0.39, 0.29) is 17.7 Å². The number of amides is 1. The summed E-state index contributed by atoms with van der Waals surface area (Å²) in [4.78, 5) is 11.3. The number of benzene rings is 2. The van der Waals surface area contributed by atoms with Crippen molar-refractivity contribution in [3.05, 3.63) is 48.0 Å². The normalized spacial score (nSPS) is 12.4. The quantitative estimate of drug-likeness (QED) is 0.800. The molecule has 2 aromatic carbocycles. The molecule has 1 amide bonds. The highest BCUT2D eigenvalue weighted by Gasteiger charge is 2.10. The smallest absolute Gasteiger partial charge is 0.230 e. The molecule has 2 nitrogen and oxygen atoms in total. The molecule has 0 spiro atoms. The van der Waals surface area contributed by atoms with E-state index in [4.69, 9.17) is 0 Å². The number of rotatable bonds is 3. The van der Waals surface area contributed by atoms with Gasteiger partial charge in [-0.3, -0.25) is 4.79 Å². The molecule has 2 aromatic rings. The predicted molar refractivity (Wildman–Crippen MR) is 74.4 cm³/mol. The maximum Gasteiger partial charge on any atom is 0.230 e. The van der Waals surface area contributed by atoms with Crippen molar-refractivity contribution in [2.75, 3.05) is 5.75 Å². The summed E-state index contributed by atoms with van der Waals surface area (Å²) in [6, 6.07) is 14.3. The van der Waals surface area contributed by atoms with Gasteiger partial charge in [0.15, 0.2) is 0 Å². The Morgan fingerprint density at radius 1 is 1.24 bits per heavy atom. The molecule has 17 heavy (non-hydrogen) atoms. The highest BCUT2D eigenvalue weighted by molar-refractivity contribution is 7.81. The molecule has 0 fully saturated rings. The number of thiol groups is 1. The van der Waals surface area contributed by atoms with Crippen molar-refractivity contribution in [3.8, 4) is 0 Å². The molecule has 0 aliphatic carbocycles. The summed E-state index contributed by atoms with van der Waals surface area (Å²) in [7, 11) is 0. The predicted octanol–water partition coefficient (Wildman–Crippen LogP) is 2.95. The molecule has 0 aliphatic rings. The van der Waals surface area contributed by atoms with Gasteiger partial charge in [-0.25, -0.2) is 0 Å². The number of hydrogen-bond donors (Lipinski definition) is 2. The average Bonchev–Trinajstić information content (AvgIpc) is 2.37. The van der Waals surface area contributed by atoms with Gasteiger partial charge in [0.1, 0.15) is 0 Å². The second kappa shape index (κ2) is 5.23. The second-order valence-corrected chi connectivity index (χ2v) is 4.33. The van der Waals surface area contributed by atoms with Crippen LogP contribution in [0.15, 0.2) is 42.5 Å². The van der Waals surface area contributed by atoms with Gasteiger partial charge in [-0.05, 0) is 23.3 Å². The monoisotopic (exact) mass is 245 g/mol. The van der Waals surface area contributed by atoms with Crippen molar-refractivity contribution in [1.29, 1.82) is 0 Å². The molecule has 3 heteroatoms. The zero-order valence-corrected chi connectivity index (χ0v) is 10.6. The molecule has 88 valence electrons. The molecule has 1 N–H and O–H groups in total. The Balaban J connectivity index is 2.38. The fourth-order valence-electron chi connectivity index (χ4n) is 1.99. The van der Waals surface area contributed by atoms with Crippen LogP contribution in [0.4, 0.5) is 0 Å². The number of carbonyl (C=O) groups is 1. The molecule has 0 aromatic heterocycles. The Labute approximate surface area is 106 Å². The van der Waals surface area contributed by atoms with Crippen LogP contribution in [0.3, 0.4) is 0 Å². The van der Waals surface area contributed by atoms with E-state index in [0.29, 0.717) is 0 Å². The second-order valence-electron chi connectivity index (χ2n) is 4.02. The third kappa shape index (κ3) is 2.61. The van der Waals surface area contributed by atoms with E-state index in [1.165, 1.54) is 10.8 Å². The molecule has 0 unspecified atom stereocenters. The summed E-state index contributed by atoms with van der Waals surface area (Å²) >= 11 is 3.96. The summed E-state index contributed by atoms with van der Waals surface area (Å²) in [6.45, 7) is 1.99. The lowest BCUT2D eigenvalue weighted by Gasteiger charge is -2.16. The van der Waals surface area contributed by atoms with Gasteiger partial charge in [-0.1, -0.05) is 42.5 Å². The highest BCUT2D eigenvalue weighted by Crippen LogP contribution is 2.23. The maximum absolute atomic E-state index is 11.3. The fraction of sp³-hybridized carbons (Fsp3) is 0.214. The van der Waals surface area contributed by atoms with Crippen LogP contribution in [-0.2, 0) is 4.79 Å². The first-order chi connectivity index (χ1) is 8.22. The lowest BCUT2D eigenvalue weighted by atomic mass is 10.00. The van der Waals surface area contributed by atoms with Crippen LogP contribution in [0, 0.1) is 0 Å². The minimum Gasteiger partial charge on any atom is -0.349 e. The lowest BCUT2D eigenvalue weighted by Crippen LogP contribution is -2.27. The Morgan fingerprint density at radius 2 is 1.94 bits per heavy atom. The minimum atomic E-state index is -0.0474. The van der Waals surface area contributed by atoms with Crippen molar-refractivity contribution in [2.45, 2.75) is 13.0 Å². The fourth-order valence-corrected chi connectivity index (χ4v) is 2.08. The van der Waals surface area contributed by atoms with E-state index in [0.717, 1.165) is 5.56 Å². The van der Waals surface area contributed by atoms with Gasteiger partial charge in [0.05, 0.1) is 11.8 Å². The molecule has 2 rings (SSSR count). The molecular weight excluding hydrogens is 230 g/mol. The molecule has 0 heterocycles. The Bertz CT molecular complexity index is 533. The number of carbonyl (C=O) groups excluding carboxylic acids is 1. The topological polar surface area (TPSA) is 29.1 Å². The van der Waals surface area contributed by atoms with Crippen molar-refractivity contribution in [1.82, 2.24) is 5.32 Å². The Kier molecular flexibility index (Phi) is 3.69. The minimum absolute atomic E-state index is 0.000694. The van der Waals surface area contributed by atoms with E-state index in [1.807, 2.05) is 31.2 Å². The standard InChI is InChI=1S/C14H15NOS/c1-10(15-14(16)9-17)12-8-4-6-11-5-2-3-7-13(11)12/h2-8,10,17H,9H2,1H3,(H,15,16)/t10-/m1/s1. The molecule has 0 saturated carbocycles. The third-order valence-corrected chi connectivity index (χ3v) is 3.10. The largest absolute Gasteiger partial charge is 0.349 e. The first-order valence-electron chi connectivity index (χ1n) is 5.60. The number of hydrogen-bond acceptors (Lipinski definition) is 2. The van der Waals surface area contributed by atoms with E-state index >= 15 is 0 Å². The highest BCUT2D eigenvalue weighted by atomic mass is 32.1. The SMILES string of the molecule is C[C@@H](NC(=O)CS)c1cccc2ccccc12. The molecular formula is C14H15NOS. The van der Waals surface area contributed by atoms with Gasteiger partial charge in [0, 0.05) is 0 Å². The van der Waals surface area contributed by atoms with Crippen LogP contribution >= 0.6 is 12.6 Å². The summed E-state index contributed by atoms with van der Waals surface area (Å²) in [5, 5.41) is 5.30. The van der Waals surface area contributed by atoms with E-state index in [1.54, 1.807) is 0 Å². The van der Waals surface area contributed by atoms with E-state index in [9.17, 15) is 4.79 Å². The van der Waals surface area contributed by atoms with Crippen molar-refractivity contribution in [2.24, 2.45) is 0 Å². The van der Waals surface area contributed by atoms with Crippen LogP contribution in [0.5, 0.6) is 0 Å². The van der Waals surface area contributed by atoms with Gasteiger partial charge < -0.3 is 5.32 Å². The van der Waals surface area contributed by atoms with Crippen LogP contribution in [0.1, 0.15) is 18.5 Å². The van der Waals surface area contributed by atoms with Crippen molar-refractivity contribution < 1.29 is 4.79 Å². The van der Waals surface area contributed by atoms with Gasteiger partial charge in [0.2, 0.25) is 5.91 Å². The molecule has 0 radical (unpaired) electrons. The van der Waals surface area contributed by atoms with Crippen molar-refractivity contribution in [3.63, 3.8) is 0 Å². The van der Waals surface area contributed by atoms with Gasteiger partial charge >= 0.3 is 0 Å². The average molecular weight is 245 g/mol. The third-order valence-electron chi connectivity index (χ3n) is 2.81. The van der Waals surface area contributed by atoms with Crippen LogP contribution < -0.4 is 5.32 Å². The van der Waals surface area contributed by atoms with Crippen molar-refractivity contribution >= 4 is 29.3 Å². The van der Waals surface area contributed by atoms with Crippen LogP contribution in [-0.4, -0.2) is 11.7 Å². The zero-order chi connectivity index (χ0) is 12.3. The van der Waals surface area contributed by atoms with Gasteiger partial charge in [-0.2, -0.15) is 12.6 Å². The molecule has 0 saturated heterocycles. The van der Waals surface area contributed by atoms with Crippen LogP contribution in [0.25, 0.3) is 10.8 Å². The van der Waals surface area contributed by atoms with E-state index in [2.05, 4.69) is 36.1 Å². The molecule has 0 bridgehead atoms. The Morgan fingerprint density at radius 3 is 2.71 bits per heavy atom. The van der Waals surface area contributed by atoms with E-state index < -0.39 is 0 Å². The van der Waals surface area contributed by atoms with Gasteiger partial charge in [-0.15, -0.1) is 0 Å². The van der Waals surface area contributed by atoms with Crippen LogP contribution in [0.2, 0.25) is 0 Å². The summed E-state index contributed by atoms with van der Waals surface area (Å²) in [5.41, 5.74) is 1.14. The summed E-state index contributed by atoms with van der Waals surface area (Å²) < 4.78 is 0. The summed E-state index contributed by atoms with van der Waals surface area (Å²) in [6.07, 6.45) is 0. The first kappa shape index (κ1) is 12.0. The molecule has 1 atom stereocenters. The zero-order valence-electron chi connectivity index (χ0n) is 9.68. The number of nitrogens with one attached hydrogen (secondary N) is 1. The lowest BCUT2D eigenvalue weighted by molar-refractivity contribution is -0.119. The molecule has 0 aliphatic heterocycles. The Hall–Kier alpha value is -1.48. The maximum atomic E-state index is 11.3. The number of fused-ring (bicyclic) bond motifs is 1. The van der Waals surface area contributed by atoms with Gasteiger partial charge in [0.25, 0.3) is 0 Å². The first-order valence-corrected chi connectivity index (χ1v) is 6.23.